The maximum Gasteiger partial charge on any atom is 0.191 e. The molecule has 3 fully saturated rings. The van der Waals surface area contributed by atoms with Crippen molar-refractivity contribution in [3.8, 4) is 0 Å². The molecule has 0 aromatic carbocycles. The standard InChI is InChI=1S/C18H30O6/c1-11(2)8-7-9-18(19)13(12-10-20-16(3,4)22-12)21-15-14(18)23-17(5,6)24-15/h7,9,11-15,19H,8,10H2,1-6H3/b9-7+/t12-,13-,14+,15-,18-/m1/s1. The maximum atomic E-state index is 11.4. The summed E-state index contributed by atoms with van der Waals surface area (Å²) >= 11 is 0. The largest absolute Gasteiger partial charge is 0.380 e. The van der Waals surface area contributed by atoms with Crippen molar-refractivity contribution >= 4 is 0 Å². The third kappa shape index (κ3) is 3.41. The van der Waals surface area contributed by atoms with E-state index >= 15 is 0 Å². The van der Waals surface area contributed by atoms with Crippen LogP contribution in [0, 0.1) is 5.92 Å². The van der Waals surface area contributed by atoms with Crippen LogP contribution >= 0.6 is 0 Å². The molecule has 0 aromatic heterocycles. The Morgan fingerprint density at radius 1 is 1.04 bits per heavy atom. The van der Waals surface area contributed by atoms with Crippen LogP contribution in [-0.4, -0.2) is 53.5 Å². The lowest BCUT2D eigenvalue weighted by molar-refractivity contribution is -0.241. The van der Waals surface area contributed by atoms with Crippen molar-refractivity contribution < 1.29 is 28.8 Å². The van der Waals surface area contributed by atoms with Gasteiger partial charge in [-0.05, 0) is 40.0 Å². The van der Waals surface area contributed by atoms with Crippen molar-refractivity contribution in [1.82, 2.24) is 0 Å². The van der Waals surface area contributed by atoms with Crippen LogP contribution in [-0.2, 0) is 23.7 Å². The number of allylic oxidation sites excluding steroid dienone is 1. The lowest BCUT2D eigenvalue weighted by Crippen LogP contribution is -2.52. The average molecular weight is 342 g/mol. The van der Waals surface area contributed by atoms with E-state index in [1.54, 1.807) is 6.08 Å². The summed E-state index contributed by atoms with van der Waals surface area (Å²) in [7, 11) is 0. The van der Waals surface area contributed by atoms with E-state index in [-0.39, 0.29) is 6.10 Å². The maximum absolute atomic E-state index is 11.4. The summed E-state index contributed by atoms with van der Waals surface area (Å²) in [5.41, 5.74) is -1.32. The van der Waals surface area contributed by atoms with Gasteiger partial charge in [0.05, 0.1) is 6.61 Å². The summed E-state index contributed by atoms with van der Waals surface area (Å²) < 4.78 is 29.3. The normalized spacial score (nSPS) is 43.8. The third-order valence-electron chi connectivity index (χ3n) is 4.61. The van der Waals surface area contributed by atoms with E-state index in [2.05, 4.69) is 13.8 Å². The van der Waals surface area contributed by atoms with Gasteiger partial charge in [0, 0.05) is 0 Å². The van der Waals surface area contributed by atoms with Gasteiger partial charge in [0.1, 0.15) is 23.9 Å². The number of aliphatic hydroxyl groups is 1. The van der Waals surface area contributed by atoms with Crippen LogP contribution < -0.4 is 0 Å². The predicted molar refractivity (Wildman–Crippen MR) is 87.1 cm³/mol. The van der Waals surface area contributed by atoms with Gasteiger partial charge < -0.3 is 28.8 Å². The van der Waals surface area contributed by atoms with Gasteiger partial charge in [0.15, 0.2) is 17.9 Å². The Morgan fingerprint density at radius 2 is 1.75 bits per heavy atom. The number of hydrogen-bond acceptors (Lipinski definition) is 6. The molecule has 0 saturated carbocycles. The van der Waals surface area contributed by atoms with Crippen LogP contribution in [0.5, 0.6) is 0 Å². The highest BCUT2D eigenvalue weighted by atomic mass is 16.8. The van der Waals surface area contributed by atoms with Gasteiger partial charge in [0.2, 0.25) is 0 Å². The first-order chi connectivity index (χ1) is 11.0. The second-order valence-electron chi connectivity index (χ2n) is 8.27. The van der Waals surface area contributed by atoms with E-state index < -0.39 is 35.7 Å². The van der Waals surface area contributed by atoms with Crippen LogP contribution in [0.2, 0.25) is 0 Å². The molecule has 3 aliphatic rings. The van der Waals surface area contributed by atoms with E-state index in [9.17, 15) is 5.11 Å². The average Bonchev–Trinajstić information content (AvgIpc) is 3.01. The minimum absolute atomic E-state index is 0.362. The topological polar surface area (TPSA) is 66.4 Å². The van der Waals surface area contributed by atoms with E-state index in [0.717, 1.165) is 6.42 Å². The lowest BCUT2D eigenvalue weighted by Gasteiger charge is -2.34. The molecule has 0 bridgehead atoms. The van der Waals surface area contributed by atoms with Crippen molar-refractivity contribution in [3.63, 3.8) is 0 Å². The molecule has 3 heterocycles. The van der Waals surface area contributed by atoms with Crippen LogP contribution in [0.4, 0.5) is 0 Å². The first kappa shape index (κ1) is 18.3. The Balaban J connectivity index is 1.84. The highest BCUT2D eigenvalue weighted by Gasteiger charge is 2.65. The van der Waals surface area contributed by atoms with Gasteiger partial charge in [-0.1, -0.05) is 26.0 Å². The molecule has 138 valence electrons. The molecular formula is C18H30O6. The first-order valence-corrected chi connectivity index (χ1v) is 8.75. The number of fused-ring (bicyclic) bond motifs is 1. The van der Waals surface area contributed by atoms with Crippen molar-refractivity contribution in [2.75, 3.05) is 6.61 Å². The summed E-state index contributed by atoms with van der Waals surface area (Å²) in [4.78, 5) is 0. The first-order valence-electron chi connectivity index (χ1n) is 8.75. The molecule has 3 aliphatic heterocycles. The Labute approximate surface area is 144 Å². The van der Waals surface area contributed by atoms with Crippen molar-refractivity contribution in [2.45, 2.75) is 89.7 Å². The molecule has 0 amide bonds. The van der Waals surface area contributed by atoms with Gasteiger partial charge in [0.25, 0.3) is 0 Å². The zero-order chi connectivity index (χ0) is 17.8. The highest BCUT2D eigenvalue weighted by Crippen LogP contribution is 2.46. The molecule has 0 unspecified atom stereocenters. The minimum atomic E-state index is -1.32. The molecular weight excluding hydrogens is 312 g/mol. The Morgan fingerprint density at radius 3 is 2.33 bits per heavy atom. The molecule has 1 N–H and O–H groups in total. The molecule has 0 radical (unpaired) electrons. The minimum Gasteiger partial charge on any atom is -0.380 e. The van der Waals surface area contributed by atoms with E-state index in [4.69, 9.17) is 23.7 Å². The fourth-order valence-electron chi connectivity index (χ4n) is 3.53. The number of hydrogen-bond donors (Lipinski definition) is 1. The fourth-order valence-corrected chi connectivity index (χ4v) is 3.53. The Hall–Kier alpha value is -0.500. The molecule has 6 nitrogen and oxygen atoms in total. The highest BCUT2D eigenvalue weighted by molar-refractivity contribution is 5.18. The molecule has 24 heavy (non-hydrogen) atoms. The van der Waals surface area contributed by atoms with E-state index in [1.165, 1.54) is 0 Å². The quantitative estimate of drug-likeness (QED) is 0.791. The molecule has 0 aliphatic carbocycles. The summed E-state index contributed by atoms with van der Waals surface area (Å²) in [6.07, 6.45) is 2.45. The van der Waals surface area contributed by atoms with Gasteiger partial charge in [-0.2, -0.15) is 0 Å². The fraction of sp³-hybridized carbons (Fsp3) is 0.889. The zero-order valence-electron chi connectivity index (χ0n) is 15.4. The molecule has 6 heteroatoms. The summed E-state index contributed by atoms with van der Waals surface area (Å²) in [5, 5.41) is 11.4. The molecule has 0 spiro atoms. The monoisotopic (exact) mass is 342 g/mol. The van der Waals surface area contributed by atoms with Crippen molar-refractivity contribution in [1.29, 1.82) is 0 Å². The molecule has 3 rings (SSSR count). The smallest absolute Gasteiger partial charge is 0.191 e. The third-order valence-corrected chi connectivity index (χ3v) is 4.61. The summed E-state index contributed by atoms with van der Waals surface area (Å²) in [5.74, 6) is -0.967. The SMILES string of the molecule is CC(C)C/C=C/[C@@]1(O)[C@@H]([C@H]2COC(C)(C)O2)O[C@@H]2OC(C)(C)O[C@@H]21. The van der Waals surface area contributed by atoms with Gasteiger partial charge in [-0.3, -0.25) is 0 Å². The van der Waals surface area contributed by atoms with Gasteiger partial charge in [-0.25, -0.2) is 0 Å². The second-order valence-corrected chi connectivity index (χ2v) is 8.27. The van der Waals surface area contributed by atoms with Crippen LogP contribution in [0.1, 0.15) is 48.0 Å². The summed E-state index contributed by atoms with van der Waals surface area (Å²) in [6.45, 7) is 12.0. The van der Waals surface area contributed by atoms with Gasteiger partial charge >= 0.3 is 0 Å². The van der Waals surface area contributed by atoms with Crippen molar-refractivity contribution in [3.05, 3.63) is 12.2 Å². The van der Waals surface area contributed by atoms with E-state index in [1.807, 2.05) is 33.8 Å². The van der Waals surface area contributed by atoms with Crippen LogP contribution in [0.15, 0.2) is 12.2 Å². The zero-order valence-corrected chi connectivity index (χ0v) is 15.4. The second kappa shape index (κ2) is 6.04. The Kier molecular flexibility index (Phi) is 4.60. The molecule has 0 aromatic rings. The molecule has 3 saturated heterocycles. The Bertz CT molecular complexity index is 500. The summed E-state index contributed by atoms with van der Waals surface area (Å²) in [6, 6.07) is 0. The van der Waals surface area contributed by atoms with E-state index in [0.29, 0.717) is 12.5 Å². The van der Waals surface area contributed by atoms with Crippen LogP contribution in [0.3, 0.4) is 0 Å². The van der Waals surface area contributed by atoms with Crippen molar-refractivity contribution in [2.24, 2.45) is 5.92 Å². The van der Waals surface area contributed by atoms with Crippen LogP contribution in [0.25, 0.3) is 0 Å². The number of ether oxygens (including phenoxy) is 5. The number of rotatable bonds is 4. The lowest BCUT2D eigenvalue weighted by atomic mass is 9.88. The van der Waals surface area contributed by atoms with Gasteiger partial charge in [-0.15, -0.1) is 0 Å². The predicted octanol–water partition coefficient (Wildman–Crippen LogP) is 2.35. The molecule has 5 atom stereocenters.